The Hall–Kier alpha value is -1.69. The van der Waals surface area contributed by atoms with Gasteiger partial charge >= 0.3 is 5.97 Å². The number of carbonyl (C=O) groups excluding carboxylic acids is 1. The molecule has 0 spiro atoms. The topological polar surface area (TPSA) is 83.4 Å². The van der Waals surface area contributed by atoms with Gasteiger partial charge in [-0.3, -0.25) is 4.79 Å². The predicted molar refractivity (Wildman–Crippen MR) is 63.5 cm³/mol. The molecule has 0 aromatic carbocycles. The van der Waals surface area contributed by atoms with Crippen molar-refractivity contribution in [1.29, 1.82) is 0 Å². The van der Waals surface area contributed by atoms with Gasteiger partial charge in [-0.15, -0.1) is 0 Å². The van der Waals surface area contributed by atoms with Crippen molar-refractivity contribution in [3.8, 4) is 0 Å². The summed E-state index contributed by atoms with van der Waals surface area (Å²) in [5.41, 5.74) is 0.713. The Kier molecular flexibility index (Phi) is 3.47. The van der Waals surface area contributed by atoms with E-state index in [4.69, 9.17) is 16.7 Å². The Labute approximate surface area is 109 Å². The van der Waals surface area contributed by atoms with Crippen LogP contribution in [0.5, 0.6) is 0 Å². The minimum absolute atomic E-state index is 0.00979. The molecule has 1 aliphatic rings. The normalized spacial score (nSPS) is 19.0. The van der Waals surface area contributed by atoms with E-state index in [1.165, 1.54) is 11.0 Å². The highest BCUT2D eigenvalue weighted by molar-refractivity contribution is 6.28. The van der Waals surface area contributed by atoms with Gasteiger partial charge in [0.1, 0.15) is 11.7 Å². The molecule has 6 nitrogen and oxygen atoms in total. The molecular formula is C11H12ClN3O3. The number of hydrogen-bond donors (Lipinski definition) is 1. The molecule has 0 bridgehead atoms. The third-order valence-corrected chi connectivity index (χ3v) is 3.01. The first-order chi connectivity index (χ1) is 8.49. The van der Waals surface area contributed by atoms with E-state index in [0.29, 0.717) is 25.1 Å². The molecule has 7 heteroatoms. The van der Waals surface area contributed by atoms with Gasteiger partial charge in [0.25, 0.3) is 5.91 Å². The number of nitrogens with zero attached hydrogens (tertiary/aromatic N) is 3. The molecule has 0 aliphatic carbocycles. The van der Waals surface area contributed by atoms with Gasteiger partial charge in [-0.05, 0) is 37.4 Å². The van der Waals surface area contributed by atoms with E-state index in [0.717, 1.165) is 0 Å². The second kappa shape index (κ2) is 4.89. The third-order valence-electron chi connectivity index (χ3n) is 2.84. The molecule has 18 heavy (non-hydrogen) atoms. The van der Waals surface area contributed by atoms with Gasteiger partial charge in [0.05, 0.1) is 0 Å². The van der Waals surface area contributed by atoms with Crippen LogP contribution in [-0.4, -0.2) is 44.4 Å². The van der Waals surface area contributed by atoms with E-state index >= 15 is 0 Å². The summed E-state index contributed by atoms with van der Waals surface area (Å²) in [6, 6.07) is 0.734. The first-order valence-corrected chi connectivity index (χ1v) is 5.92. The molecule has 1 amide bonds. The predicted octanol–water partition coefficient (Wildman–Crippen LogP) is 1.13. The fraction of sp³-hybridized carbons (Fsp3) is 0.455. The van der Waals surface area contributed by atoms with E-state index in [-0.39, 0.29) is 11.0 Å². The molecule has 1 aromatic rings. The Balaban J connectivity index is 2.28. The van der Waals surface area contributed by atoms with Crippen LogP contribution in [0.15, 0.2) is 6.07 Å². The average molecular weight is 270 g/mol. The van der Waals surface area contributed by atoms with Crippen molar-refractivity contribution in [1.82, 2.24) is 14.9 Å². The summed E-state index contributed by atoms with van der Waals surface area (Å²) in [5, 5.41) is 9.03. The third kappa shape index (κ3) is 2.43. The van der Waals surface area contributed by atoms with Crippen LogP contribution in [0, 0.1) is 6.92 Å². The highest BCUT2D eigenvalue weighted by Gasteiger charge is 2.35. The van der Waals surface area contributed by atoms with Crippen molar-refractivity contribution in [2.75, 3.05) is 6.54 Å². The number of amides is 1. The standard InChI is InChI=1S/C11H12ClN3O3/c1-6-5-7(14-11(12)13-6)9(16)15-4-2-3-8(15)10(17)18/h5,8H,2-4H2,1H3,(H,17,18). The van der Waals surface area contributed by atoms with Crippen molar-refractivity contribution in [2.45, 2.75) is 25.8 Å². The van der Waals surface area contributed by atoms with Crippen molar-refractivity contribution in [2.24, 2.45) is 0 Å². The van der Waals surface area contributed by atoms with Crippen LogP contribution in [0.25, 0.3) is 0 Å². The van der Waals surface area contributed by atoms with Gasteiger partial charge in [-0.2, -0.15) is 0 Å². The molecule has 0 saturated carbocycles. The van der Waals surface area contributed by atoms with E-state index in [2.05, 4.69) is 9.97 Å². The van der Waals surface area contributed by atoms with Gasteiger partial charge in [0.2, 0.25) is 5.28 Å². The van der Waals surface area contributed by atoms with Gasteiger partial charge in [-0.1, -0.05) is 0 Å². The van der Waals surface area contributed by atoms with Crippen LogP contribution in [-0.2, 0) is 4.79 Å². The number of rotatable bonds is 2. The number of hydrogen-bond acceptors (Lipinski definition) is 4. The van der Waals surface area contributed by atoms with Gasteiger partial charge < -0.3 is 10.0 Å². The molecule has 1 saturated heterocycles. The molecule has 1 aliphatic heterocycles. The zero-order chi connectivity index (χ0) is 13.3. The second-order valence-corrected chi connectivity index (χ2v) is 4.50. The van der Waals surface area contributed by atoms with E-state index < -0.39 is 17.9 Å². The van der Waals surface area contributed by atoms with E-state index in [1.807, 2.05) is 0 Å². The molecular weight excluding hydrogens is 258 g/mol. The SMILES string of the molecule is Cc1cc(C(=O)N2CCCC2C(=O)O)nc(Cl)n1. The number of carbonyl (C=O) groups is 2. The lowest BCUT2D eigenvalue weighted by Crippen LogP contribution is -2.40. The van der Waals surface area contributed by atoms with Crippen LogP contribution in [0.2, 0.25) is 5.28 Å². The van der Waals surface area contributed by atoms with Crippen LogP contribution in [0.4, 0.5) is 0 Å². The number of aryl methyl sites for hydroxylation is 1. The molecule has 2 heterocycles. The summed E-state index contributed by atoms with van der Waals surface area (Å²) in [6.45, 7) is 2.12. The number of likely N-dealkylation sites (tertiary alicyclic amines) is 1. The van der Waals surface area contributed by atoms with Crippen LogP contribution >= 0.6 is 11.6 Å². The lowest BCUT2D eigenvalue weighted by atomic mass is 10.2. The summed E-state index contributed by atoms with van der Waals surface area (Å²) >= 11 is 5.69. The second-order valence-electron chi connectivity index (χ2n) is 4.16. The Bertz CT molecular complexity index is 486. The van der Waals surface area contributed by atoms with E-state index in [9.17, 15) is 9.59 Å². The lowest BCUT2D eigenvalue weighted by Gasteiger charge is -2.20. The average Bonchev–Trinajstić information content (AvgIpc) is 2.75. The Morgan fingerprint density at radius 2 is 2.22 bits per heavy atom. The van der Waals surface area contributed by atoms with Gasteiger partial charge in [-0.25, -0.2) is 14.8 Å². The lowest BCUT2D eigenvalue weighted by molar-refractivity contribution is -0.141. The first kappa shape index (κ1) is 12.8. The first-order valence-electron chi connectivity index (χ1n) is 5.54. The maximum absolute atomic E-state index is 12.2. The van der Waals surface area contributed by atoms with Gasteiger partial charge in [0.15, 0.2) is 0 Å². The van der Waals surface area contributed by atoms with Crippen LogP contribution < -0.4 is 0 Å². The summed E-state index contributed by atoms with van der Waals surface area (Å²) in [5.74, 6) is -1.40. The fourth-order valence-electron chi connectivity index (χ4n) is 2.06. The minimum atomic E-state index is -0.988. The monoisotopic (exact) mass is 269 g/mol. The molecule has 1 N–H and O–H groups in total. The van der Waals surface area contributed by atoms with E-state index in [1.54, 1.807) is 6.92 Å². The van der Waals surface area contributed by atoms with Crippen molar-refractivity contribution in [3.63, 3.8) is 0 Å². The molecule has 2 rings (SSSR count). The zero-order valence-corrected chi connectivity index (χ0v) is 10.5. The summed E-state index contributed by atoms with van der Waals surface area (Å²) in [6.07, 6.45) is 1.15. The Morgan fingerprint density at radius 3 is 2.83 bits per heavy atom. The maximum atomic E-state index is 12.2. The maximum Gasteiger partial charge on any atom is 0.326 e. The molecule has 1 unspecified atom stereocenters. The molecule has 1 aromatic heterocycles. The van der Waals surface area contributed by atoms with Crippen molar-refractivity contribution < 1.29 is 14.7 Å². The summed E-state index contributed by atoms with van der Waals surface area (Å²) in [7, 11) is 0. The Morgan fingerprint density at radius 1 is 1.50 bits per heavy atom. The molecule has 1 fully saturated rings. The van der Waals surface area contributed by atoms with Gasteiger partial charge in [0, 0.05) is 12.2 Å². The van der Waals surface area contributed by atoms with Crippen molar-refractivity contribution >= 4 is 23.5 Å². The quantitative estimate of drug-likeness (QED) is 0.814. The fourth-order valence-corrected chi connectivity index (χ4v) is 2.28. The molecule has 1 atom stereocenters. The highest BCUT2D eigenvalue weighted by Crippen LogP contribution is 2.20. The largest absolute Gasteiger partial charge is 0.480 e. The molecule has 0 radical (unpaired) electrons. The zero-order valence-electron chi connectivity index (χ0n) is 9.76. The van der Waals surface area contributed by atoms with Crippen LogP contribution in [0.3, 0.4) is 0 Å². The highest BCUT2D eigenvalue weighted by atomic mass is 35.5. The minimum Gasteiger partial charge on any atom is -0.480 e. The smallest absolute Gasteiger partial charge is 0.326 e. The van der Waals surface area contributed by atoms with Crippen molar-refractivity contribution in [3.05, 3.63) is 22.7 Å². The number of carboxylic acid groups (broad SMARTS) is 1. The number of aromatic nitrogens is 2. The number of aliphatic carboxylic acids is 1. The molecule has 96 valence electrons. The number of carboxylic acids is 1. The summed E-state index contributed by atoms with van der Waals surface area (Å²) < 4.78 is 0. The number of halogens is 1. The van der Waals surface area contributed by atoms with Crippen LogP contribution in [0.1, 0.15) is 29.0 Å². The summed E-state index contributed by atoms with van der Waals surface area (Å²) in [4.78, 5) is 32.2.